The van der Waals surface area contributed by atoms with E-state index in [-0.39, 0.29) is 28.5 Å². The zero-order chi connectivity index (χ0) is 26.6. The molecule has 0 unspecified atom stereocenters. The molecular weight excluding hydrogens is 516 g/mol. The van der Waals surface area contributed by atoms with Gasteiger partial charge in [0.05, 0.1) is 35.6 Å². The topological polar surface area (TPSA) is 102 Å². The van der Waals surface area contributed by atoms with Gasteiger partial charge in [-0.1, -0.05) is 43.0 Å². The molecule has 2 aliphatic carbocycles. The van der Waals surface area contributed by atoms with Crippen molar-refractivity contribution in [1.82, 2.24) is 4.31 Å². The van der Waals surface area contributed by atoms with E-state index in [4.69, 9.17) is 21.1 Å². The largest absolute Gasteiger partial charge is 0.495 e. The van der Waals surface area contributed by atoms with E-state index in [1.165, 1.54) is 29.6 Å². The molecule has 4 rings (SSSR count). The summed E-state index contributed by atoms with van der Waals surface area (Å²) < 4.78 is 39.0. The Hall–Kier alpha value is -2.62. The third-order valence-corrected chi connectivity index (χ3v) is 9.34. The fraction of sp³-hybridized carbons (Fsp3) is 0.481. The maximum absolute atomic E-state index is 13.7. The summed E-state index contributed by atoms with van der Waals surface area (Å²) in [6.07, 6.45) is 5.73. The average molecular weight is 549 g/mol. The molecule has 2 fully saturated rings. The van der Waals surface area contributed by atoms with E-state index >= 15 is 0 Å². The van der Waals surface area contributed by atoms with Crippen molar-refractivity contribution >= 4 is 39.2 Å². The van der Waals surface area contributed by atoms with Crippen LogP contribution in [0.25, 0.3) is 0 Å². The van der Waals surface area contributed by atoms with Gasteiger partial charge in [-0.2, -0.15) is 4.31 Å². The fourth-order valence-corrected chi connectivity index (χ4v) is 6.93. The molecule has 2 aliphatic rings. The van der Waals surface area contributed by atoms with Gasteiger partial charge < -0.3 is 14.8 Å². The number of rotatable bonds is 10. The zero-order valence-corrected chi connectivity index (χ0v) is 22.7. The van der Waals surface area contributed by atoms with Crippen molar-refractivity contribution < 1.29 is 27.5 Å². The van der Waals surface area contributed by atoms with Crippen molar-refractivity contribution in [2.75, 3.05) is 25.6 Å². The van der Waals surface area contributed by atoms with Crippen molar-refractivity contribution in [3.8, 4) is 5.75 Å². The van der Waals surface area contributed by atoms with Crippen molar-refractivity contribution in [3.63, 3.8) is 0 Å². The number of sulfonamides is 1. The molecule has 1 amide bonds. The number of ether oxygens (including phenoxy) is 2. The molecule has 0 aliphatic heterocycles. The first-order valence-corrected chi connectivity index (χ1v) is 14.5. The van der Waals surface area contributed by atoms with Gasteiger partial charge in [0.1, 0.15) is 5.75 Å². The van der Waals surface area contributed by atoms with Crippen LogP contribution in [0.1, 0.15) is 57.4 Å². The van der Waals surface area contributed by atoms with Crippen LogP contribution < -0.4 is 10.1 Å². The molecule has 8 nitrogen and oxygen atoms in total. The summed E-state index contributed by atoms with van der Waals surface area (Å²) in [5.74, 6) is -0.284. The molecule has 2 saturated carbocycles. The summed E-state index contributed by atoms with van der Waals surface area (Å²) in [5.41, 5.74) is 0.790. The van der Waals surface area contributed by atoms with E-state index in [1.54, 1.807) is 19.1 Å². The third kappa shape index (κ3) is 5.94. The number of carbonyl (C=O) groups excluding carboxylic acids is 2. The quantitative estimate of drug-likeness (QED) is 0.423. The summed E-state index contributed by atoms with van der Waals surface area (Å²) in [7, 11) is -2.53. The predicted octanol–water partition coefficient (Wildman–Crippen LogP) is 4.91. The van der Waals surface area contributed by atoms with Gasteiger partial charge in [0.25, 0.3) is 0 Å². The zero-order valence-electron chi connectivity index (χ0n) is 21.2. The minimum absolute atomic E-state index is 0.0229. The van der Waals surface area contributed by atoms with Crippen molar-refractivity contribution in [2.24, 2.45) is 0 Å². The highest BCUT2D eigenvalue weighted by molar-refractivity contribution is 7.89. The Labute approximate surface area is 223 Å². The summed E-state index contributed by atoms with van der Waals surface area (Å²) in [4.78, 5) is 25.4. The van der Waals surface area contributed by atoms with Crippen LogP contribution in [-0.2, 0) is 29.8 Å². The van der Waals surface area contributed by atoms with Crippen LogP contribution in [0.2, 0.25) is 5.02 Å². The van der Waals surface area contributed by atoms with Crippen LogP contribution in [0.4, 0.5) is 5.69 Å². The highest BCUT2D eigenvalue weighted by Crippen LogP contribution is 2.49. The molecule has 0 bridgehead atoms. The van der Waals surface area contributed by atoms with E-state index in [2.05, 4.69) is 5.32 Å². The molecular formula is C27H33ClN2O6S. The van der Waals surface area contributed by atoms with Crippen LogP contribution >= 0.6 is 11.6 Å². The fourth-order valence-electron chi connectivity index (χ4n) is 4.94. The highest BCUT2D eigenvalue weighted by Gasteiger charge is 2.52. The van der Waals surface area contributed by atoms with Gasteiger partial charge in [-0.25, -0.2) is 8.42 Å². The number of hydrogen-bond acceptors (Lipinski definition) is 6. The lowest BCUT2D eigenvalue weighted by Crippen LogP contribution is -2.45. The lowest BCUT2D eigenvalue weighted by molar-refractivity contribution is -0.146. The molecule has 0 heterocycles. The molecule has 37 heavy (non-hydrogen) atoms. The molecule has 200 valence electrons. The van der Waals surface area contributed by atoms with Crippen LogP contribution in [0.5, 0.6) is 5.75 Å². The van der Waals surface area contributed by atoms with Crippen LogP contribution in [0.15, 0.2) is 47.4 Å². The second-order valence-corrected chi connectivity index (χ2v) is 11.9. The number of methoxy groups -OCH3 is 1. The molecule has 0 radical (unpaired) electrons. The van der Waals surface area contributed by atoms with Crippen LogP contribution in [0, 0.1) is 0 Å². The number of benzene rings is 2. The number of halogens is 1. The molecule has 2 aromatic carbocycles. The standard InChI is InChI=1S/C27H33ClN2O6S/c1-3-36-26(32)27(15-16-27)19-9-11-20(12-10-19)29-25(31)18-30(21-7-5-4-6-8-21)37(33,34)22-13-14-24(35-2)23(28)17-22/h9-14,17,21H,3-8,15-16,18H2,1-2H3,(H,29,31). The first-order chi connectivity index (χ1) is 17.7. The van der Waals surface area contributed by atoms with Gasteiger partial charge in [-0.15, -0.1) is 0 Å². The lowest BCUT2D eigenvalue weighted by atomic mass is 9.95. The Bertz CT molecular complexity index is 1240. The van der Waals surface area contributed by atoms with E-state index in [0.29, 0.717) is 30.9 Å². The summed E-state index contributed by atoms with van der Waals surface area (Å²) in [6.45, 7) is 1.80. The maximum Gasteiger partial charge on any atom is 0.316 e. The number of hydrogen-bond donors (Lipinski definition) is 1. The Balaban J connectivity index is 1.51. The van der Waals surface area contributed by atoms with E-state index in [1.807, 2.05) is 12.1 Å². The monoisotopic (exact) mass is 548 g/mol. The van der Waals surface area contributed by atoms with Gasteiger partial charge in [-0.05, 0) is 68.5 Å². The molecule has 0 aromatic heterocycles. The number of esters is 1. The molecule has 10 heteroatoms. The van der Waals surface area contributed by atoms with Gasteiger partial charge in [0.2, 0.25) is 15.9 Å². The van der Waals surface area contributed by atoms with Gasteiger partial charge in [0, 0.05) is 11.7 Å². The van der Waals surface area contributed by atoms with Gasteiger partial charge in [-0.3, -0.25) is 9.59 Å². The Morgan fingerprint density at radius 3 is 2.32 bits per heavy atom. The van der Waals surface area contributed by atoms with Crippen molar-refractivity contribution in [3.05, 3.63) is 53.1 Å². The van der Waals surface area contributed by atoms with E-state index in [0.717, 1.165) is 37.7 Å². The number of amides is 1. The predicted molar refractivity (Wildman–Crippen MR) is 141 cm³/mol. The van der Waals surface area contributed by atoms with Crippen molar-refractivity contribution in [1.29, 1.82) is 0 Å². The average Bonchev–Trinajstić information content (AvgIpc) is 3.70. The maximum atomic E-state index is 13.7. The first-order valence-electron chi connectivity index (χ1n) is 12.6. The minimum Gasteiger partial charge on any atom is -0.495 e. The Morgan fingerprint density at radius 2 is 1.76 bits per heavy atom. The van der Waals surface area contributed by atoms with Gasteiger partial charge >= 0.3 is 5.97 Å². The smallest absolute Gasteiger partial charge is 0.316 e. The number of nitrogens with zero attached hydrogens (tertiary/aromatic N) is 1. The Kier molecular flexibility index (Phi) is 8.46. The number of nitrogens with one attached hydrogen (secondary N) is 1. The van der Waals surface area contributed by atoms with E-state index in [9.17, 15) is 18.0 Å². The van der Waals surface area contributed by atoms with Crippen LogP contribution in [-0.4, -0.2) is 50.9 Å². The second-order valence-electron chi connectivity index (χ2n) is 9.57. The lowest BCUT2D eigenvalue weighted by Gasteiger charge is -2.33. The minimum atomic E-state index is -3.99. The Morgan fingerprint density at radius 1 is 1.08 bits per heavy atom. The summed E-state index contributed by atoms with van der Waals surface area (Å²) >= 11 is 6.21. The SMILES string of the molecule is CCOC(=O)C1(c2ccc(NC(=O)CN(C3CCCCC3)S(=O)(=O)c3ccc(OC)c(Cl)c3)cc2)CC1. The number of anilines is 1. The molecule has 2 aromatic rings. The molecule has 0 spiro atoms. The summed E-state index contributed by atoms with van der Waals surface area (Å²) in [5, 5.41) is 3.00. The highest BCUT2D eigenvalue weighted by atomic mass is 35.5. The molecule has 1 N–H and O–H groups in total. The molecule has 0 atom stereocenters. The third-order valence-electron chi connectivity index (χ3n) is 7.15. The normalized spacial score (nSPS) is 17.3. The summed E-state index contributed by atoms with van der Waals surface area (Å²) in [6, 6.07) is 11.1. The van der Waals surface area contributed by atoms with Gasteiger partial charge in [0.15, 0.2) is 0 Å². The second kappa shape index (κ2) is 11.4. The molecule has 0 saturated heterocycles. The first kappa shape index (κ1) is 27.4. The van der Waals surface area contributed by atoms with E-state index < -0.39 is 21.3 Å². The van der Waals surface area contributed by atoms with Crippen molar-refractivity contribution in [2.45, 2.75) is 68.2 Å². The number of carbonyl (C=O) groups is 2. The van der Waals surface area contributed by atoms with Crippen LogP contribution in [0.3, 0.4) is 0 Å².